The summed E-state index contributed by atoms with van der Waals surface area (Å²) in [5, 5.41) is 4.33. The molecule has 0 spiro atoms. The van der Waals surface area contributed by atoms with Gasteiger partial charge in [0.25, 0.3) is 0 Å². The molecule has 0 aliphatic rings. The maximum Gasteiger partial charge on any atom is 0.187 e. The highest BCUT2D eigenvalue weighted by molar-refractivity contribution is 7.16. The van der Waals surface area contributed by atoms with Crippen LogP contribution < -0.4 is 5.32 Å². The van der Waals surface area contributed by atoms with Crippen molar-refractivity contribution in [1.82, 2.24) is 4.98 Å². The lowest BCUT2D eigenvalue weighted by molar-refractivity contribution is 1.00. The Balaban J connectivity index is 0.00000149. The zero-order valence-corrected chi connectivity index (χ0v) is 20.4. The third-order valence-corrected chi connectivity index (χ3v) is 6.12. The first kappa shape index (κ1) is 24.2. The van der Waals surface area contributed by atoms with Crippen molar-refractivity contribution in [2.24, 2.45) is 0 Å². The van der Waals surface area contributed by atoms with Crippen LogP contribution in [0.25, 0.3) is 16.8 Å². The quantitative estimate of drug-likeness (QED) is 0.274. The van der Waals surface area contributed by atoms with Crippen molar-refractivity contribution in [2.75, 3.05) is 5.32 Å². The van der Waals surface area contributed by atoms with Gasteiger partial charge >= 0.3 is 0 Å². The van der Waals surface area contributed by atoms with Crippen LogP contribution in [0.3, 0.4) is 0 Å². The van der Waals surface area contributed by atoms with Crippen molar-refractivity contribution in [2.45, 2.75) is 33.1 Å². The summed E-state index contributed by atoms with van der Waals surface area (Å²) in [5.41, 5.74) is 6.72. The summed E-state index contributed by atoms with van der Waals surface area (Å²) in [6.07, 6.45) is 2.55. The number of rotatable bonds is 9. The summed E-state index contributed by atoms with van der Waals surface area (Å²) in [6, 6.07) is 31.2. The number of aromatic nitrogens is 1. The smallest absolute Gasteiger partial charge is 0.187 e. The SMILES string of the molecule is C=C(CCC(=C)c1ccccc1)Nc1nc(-c2ccccc2)c(Cc2ccccc2)s1.CC. The molecule has 0 bridgehead atoms. The molecule has 1 heterocycles. The number of hydrogen-bond donors (Lipinski definition) is 1. The van der Waals surface area contributed by atoms with Crippen molar-refractivity contribution >= 4 is 22.0 Å². The van der Waals surface area contributed by atoms with Gasteiger partial charge in [0, 0.05) is 22.6 Å². The first-order valence-corrected chi connectivity index (χ1v) is 12.3. The fourth-order valence-electron chi connectivity index (χ4n) is 3.46. The zero-order chi connectivity index (χ0) is 23.5. The molecule has 1 N–H and O–H groups in total. The first-order chi connectivity index (χ1) is 16.2. The van der Waals surface area contributed by atoms with Crippen molar-refractivity contribution in [1.29, 1.82) is 0 Å². The van der Waals surface area contributed by atoms with Crippen molar-refractivity contribution in [3.63, 3.8) is 0 Å². The van der Waals surface area contributed by atoms with Gasteiger partial charge in [0.15, 0.2) is 5.13 Å². The predicted molar refractivity (Wildman–Crippen MR) is 146 cm³/mol. The molecule has 0 saturated heterocycles. The molecule has 0 aliphatic carbocycles. The van der Waals surface area contributed by atoms with E-state index in [1.165, 1.54) is 16.0 Å². The van der Waals surface area contributed by atoms with Gasteiger partial charge in [0.2, 0.25) is 0 Å². The second-order valence-corrected chi connectivity index (χ2v) is 8.60. The highest BCUT2D eigenvalue weighted by atomic mass is 32.1. The van der Waals surface area contributed by atoms with Crippen molar-refractivity contribution in [3.8, 4) is 11.3 Å². The molecule has 3 aromatic carbocycles. The molecule has 0 unspecified atom stereocenters. The molecule has 0 amide bonds. The van der Waals surface area contributed by atoms with Gasteiger partial charge in [-0.1, -0.05) is 118 Å². The molecule has 0 radical (unpaired) electrons. The van der Waals surface area contributed by atoms with Gasteiger partial charge in [-0.25, -0.2) is 4.98 Å². The summed E-state index contributed by atoms with van der Waals surface area (Å²) in [7, 11) is 0. The van der Waals surface area contributed by atoms with Crippen molar-refractivity contribution < 1.29 is 0 Å². The Kier molecular flexibility index (Phi) is 9.22. The van der Waals surface area contributed by atoms with E-state index in [0.717, 1.165) is 46.9 Å². The molecule has 1 aromatic heterocycles. The second kappa shape index (κ2) is 12.6. The predicted octanol–water partition coefficient (Wildman–Crippen LogP) is 8.85. The molecular formula is C30H32N2S. The zero-order valence-electron chi connectivity index (χ0n) is 19.6. The first-order valence-electron chi connectivity index (χ1n) is 11.5. The Morgan fingerprint density at radius 1 is 0.788 bits per heavy atom. The third kappa shape index (κ3) is 7.03. The minimum atomic E-state index is 0.821. The van der Waals surface area contributed by atoms with Crippen LogP contribution in [0.4, 0.5) is 5.13 Å². The Labute approximate surface area is 202 Å². The number of nitrogens with one attached hydrogen (secondary N) is 1. The van der Waals surface area contributed by atoms with Gasteiger partial charge in [0.1, 0.15) is 0 Å². The molecule has 33 heavy (non-hydrogen) atoms. The lowest BCUT2D eigenvalue weighted by atomic mass is 10.0. The van der Waals surface area contributed by atoms with Crippen LogP contribution in [-0.4, -0.2) is 4.98 Å². The molecule has 4 rings (SSSR count). The number of anilines is 1. The molecule has 4 aromatic rings. The summed E-state index contributed by atoms with van der Waals surface area (Å²) in [4.78, 5) is 6.18. The van der Waals surface area contributed by atoms with E-state index in [1.54, 1.807) is 11.3 Å². The fourth-order valence-corrected chi connectivity index (χ4v) is 4.53. The largest absolute Gasteiger partial charge is 0.336 e. The van der Waals surface area contributed by atoms with Crippen LogP contribution in [0.5, 0.6) is 0 Å². The fraction of sp³-hybridized carbons (Fsp3) is 0.167. The average molecular weight is 453 g/mol. The van der Waals surface area contributed by atoms with Gasteiger partial charge < -0.3 is 5.32 Å². The number of nitrogens with zero attached hydrogens (tertiary/aromatic N) is 1. The maximum absolute atomic E-state index is 4.93. The maximum atomic E-state index is 4.93. The minimum Gasteiger partial charge on any atom is -0.336 e. The van der Waals surface area contributed by atoms with E-state index in [1.807, 2.05) is 38.1 Å². The standard InChI is InChI=1S/C28H26N2S.C2H6/c1-21(24-14-8-4-9-15-24)18-19-22(2)29-28-30-27(25-16-10-5-11-17-25)26(31-28)20-23-12-6-3-7-13-23;1-2/h3-17H,1-2,18-20H2,(H,29,30);1-2H3. The number of thiazole rings is 1. The highest BCUT2D eigenvalue weighted by Gasteiger charge is 2.14. The molecule has 0 aliphatic heterocycles. The minimum absolute atomic E-state index is 0.821. The monoisotopic (exact) mass is 452 g/mol. The Morgan fingerprint density at radius 2 is 1.36 bits per heavy atom. The molecule has 3 heteroatoms. The molecule has 0 fully saturated rings. The van der Waals surface area contributed by atoms with E-state index in [2.05, 4.69) is 85.2 Å². The Bertz CT molecular complexity index is 1150. The normalized spacial score (nSPS) is 10.1. The van der Waals surface area contributed by atoms with Crippen LogP contribution in [0.2, 0.25) is 0 Å². The van der Waals surface area contributed by atoms with Crippen LogP contribution >= 0.6 is 11.3 Å². The summed E-state index contributed by atoms with van der Waals surface area (Å²) in [6.45, 7) is 12.5. The Morgan fingerprint density at radius 3 is 2.00 bits per heavy atom. The van der Waals surface area contributed by atoms with Gasteiger partial charge in [-0.15, -0.1) is 11.3 Å². The molecular weight excluding hydrogens is 420 g/mol. The third-order valence-electron chi connectivity index (χ3n) is 5.15. The van der Waals surface area contributed by atoms with Crippen LogP contribution in [0.15, 0.2) is 110 Å². The number of allylic oxidation sites excluding steroid dienone is 2. The van der Waals surface area contributed by atoms with Crippen LogP contribution in [0, 0.1) is 0 Å². The van der Waals surface area contributed by atoms with Crippen LogP contribution in [0.1, 0.15) is 42.7 Å². The van der Waals surface area contributed by atoms with Gasteiger partial charge in [-0.2, -0.15) is 0 Å². The molecule has 2 nitrogen and oxygen atoms in total. The second-order valence-electron chi connectivity index (χ2n) is 7.52. The lowest BCUT2D eigenvalue weighted by Gasteiger charge is -2.09. The van der Waals surface area contributed by atoms with Crippen molar-refractivity contribution in [3.05, 3.63) is 126 Å². The number of hydrogen-bond acceptors (Lipinski definition) is 3. The highest BCUT2D eigenvalue weighted by Crippen LogP contribution is 2.34. The topological polar surface area (TPSA) is 24.9 Å². The average Bonchev–Trinajstić information content (AvgIpc) is 3.27. The van der Waals surface area contributed by atoms with E-state index in [0.29, 0.717) is 0 Å². The number of benzene rings is 3. The van der Waals surface area contributed by atoms with E-state index < -0.39 is 0 Å². The summed E-state index contributed by atoms with van der Waals surface area (Å²) < 4.78 is 0. The van der Waals surface area contributed by atoms with E-state index in [9.17, 15) is 0 Å². The van der Waals surface area contributed by atoms with E-state index >= 15 is 0 Å². The molecule has 168 valence electrons. The van der Waals surface area contributed by atoms with Gasteiger partial charge in [0.05, 0.1) is 5.69 Å². The van der Waals surface area contributed by atoms with E-state index in [-0.39, 0.29) is 0 Å². The summed E-state index contributed by atoms with van der Waals surface area (Å²) >= 11 is 1.70. The molecule has 0 atom stereocenters. The lowest BCUT2D eigenvalue weighted by Crippen LogP contribution is -1.98. The van der Waals surface area contributed by atoms with E-state index in [4.69, 9.17) is 4.98 Å². The summed E-state index contributed by atoms with van der Waals surface area (Å²) in [5.74, 6) is 0. The van der Waals surface area contributed by atoms with Gasteiger partial charge in [-0.05, 0) is 29.5 Å². The Hall–Kier alpha value is -3.43. The van der Waals surface area contributed by atoms with Gasteiger partial charge in [-0.3, -0.25) is 0 Å². The molecule has 0 saturated carbocycles. The van der Waals surface area contributed by atoms with Crippen LogP contribution in [-0.2, 0) is 6.42 Å².